The number of Topliss-reactive ketones (excluding diaryl/α,β-unsaturated/α-hetero) is 1. The van der Waals surface area contributed by atoms with E-state index in [1.54, 1.807) is 6.92 Å². The number of aryl methyl sites for hydroxylation is 1. The van der Waals surface area contributed by atoms with Gasteiger partial charge in [-0.1, -0.05) is 13.8 Å². The number of carbonyl (C=O) groups is 1. The zero-order valence-electron chi connectivity index (χ0n) is 10.5. The lowest BCUT2D eigenvalue weighted by molar-refractivity contribution is -0.117. The van der Waals surface area contributed by atoms with Gasteiger partial charge in [-0.25, -0.2) is 4.98 Å². The molecule has 0 unspecified atom stereocenters. The number of aliphatic hydroxyl groups is 1. The quantitative estimate of drug-likeness (QED) is 0.833. The summed E-state index contributed by atoms with van der Waals surface area (Å²) in [6, 6.07) is 0. The molecule has 0 aromatic carbocycles. The van der Waals surface area contributed by atoms with Crippen LogP contribution < -0.4 is 0 Å². The molecular formula is C11H14N4O2S. The van der Waals surface area contributed by atoms with E-state index in [-0.39, 0.29) is 17.2 Å². The van der Waals surface area contributed by atoms with Crippen LogP contribution >= 0.6 is 11.5 Å². The van der Waals surface area contributed by atoms with Crippen LogP contribution in [0.3, 0.4) is 0 Å². The lowest BCUT2D eigenvalue weighted by Crippen LogP contribution is -2.25. The first-order valence-electron chi connectivity index (χ1n) is 5.59. The number of allylic oxidation sites excluding steroid dienone is 2. The van der Waals surface area contributed by atoms with Gasteiger partial charge >= 0.3 is 0 Å². The van der Waals surface area contributed by atoms with Crippen molar-refractivity contribution in [2.45, 2.75) is 33.6 Å². The van der Waals surface area contributed by atoms with Gasteiger partial charge in [0.25, 0.3) is 0 Å². The summed E-state index contributed by atoms with van der Waals surface area (Å²) in [5.74, 6) is 0.433. The number of hydrogen-bond acceptors (Lipinski definition) is 7. The minimum Gasteiger partial charge on any atom is -0.509 e. The van der Waals surface area contributed by atoms with Gasteiger partial charge in [-0.05, 0) is 13.3 Å². The number of aromatic nitrogens is 2. The van der Waals surface area contributed by atoms with Crippen LogP contribution in [0, 0.1) is 12.3 Å². The molecular weight excluding hydrogens is 252 g/mol. The molecule has 1 N–H and O–H groups in total. The standard InChI is InChI=1S/C11H14N4O2S/c1-6-12-10(18-15-6)14-13-8-7(16)4-5-11(2,3)9(8)17/h17H,4-5H2,1-3H3. The van der Waals surface area contributed by atoms with Crippen LogP contribution in [-0.2, 0) is 4.79 Å². The Morgan fingerprint density at radius 2 is 2.11 bits per heavy atom. The molecule has 96 valence electrons. The molecule has 1 heterocycles. The molecule has 7 heteroatoms. The van der Waals surface area contributed by atoms with Crippen molar-refractivity contribution in [2.24, 2.45) is 15.6 Å². The molecule has 0 fully saturated rings. The largest absolute Gasteiger partial charge is 0.509 e. The van der Waals surface area contributed by atoms with Crippen LogP contribution in [-0.4, -0.2) is 20.2 Å². The molecule has 0 atom stereocenters. The van der Waals surface area contributed by atoms with Crippen LogP contribution in [0.2, 0.25) is 0 Å². The Balaban J connectivity index is 2.31. The van der Waals surface area contributed by atoms with E-state index in [2.05, 4.69) is 19.6 Å². The van der Waals surface area contributed by atoms with Gasteiger partial charge in [-0.3, -0.25) is 4.79 Å². The molecule has 0 amide bonds. The van der Waals surface area contributed by atoms with Crippen molar-refractivity contribution < 1.29 is 9.90 Å². The van der Waals surface area contributed by atoms with Crippen LogP contribution in [0.4, 0.5) is 5.13 Å². The first-order valence-corrected chi connectivity index (χ1v) is 6.36. The fraction of sp³-hybridized carbons (Fsp3) is 0.545. The Hall–Kier alpha value is -1.63. The molecule has 0 bridgehead atoms. The van der Waals surface area contributed by atoms with Crippen molar-refractivity contribution in [1.82, 2.24) is 9.36 Å². The van der Waals surface area contributed by atoms with Gasteiger partial charge in [-0.2, -0.15) is 4.37 Å². The van der Waals surface area contributed by atoms with Crippen molar-refractivity contribution in [1.29, 1.82) is 0 Å². The second kappa shape index (κ2) is 4.56. The molecule has 2 rings (SSSR count). The monoisotopic (exact) mass is 266 g/mol. The van der Waals surface area contributed by atoms with E-state index in [0.717, 1.165) is 11.5 Å². The lowest BCUT2D eigenvalue weighted by atomic mass is 9.79. The number of nitrogens with zero attached hydrogens (tertiary/aromatic N) is 4. The summed E-state index contributed by atoms with van der Waals surface area (Å²) in [7, 11) is 0. The molecule has 0 aliphatic heterocycles. The predicted octanol–water partition coefficient (Wildman–Crippen LogP) is 3.09. The first-order chi connectivity index (χ1) is 8.40. The minimum absolute atomic E-state index is 0.00346. The van der Waals surface area contributed by atoms with E-state index in [1.165, 1.54) is 0 Å². The maximum absolute atomic E-state index is 11.7. The Morgan fingerprint density at radius 1 is 1.39 bits per heavy atom. The normalized spacial score (nSPS) is 19.8. The average molecular weight is 266 g/mol. The van der Waals surface area contributed by atoms with E-state index in [1.807, 2.05) is 13.8 Å². The molecule has 6 nitrogen and oxygen atoms in total. The number of azo groups is 1. The Morgan fingerprint density at radius 3 is 2.72 bits per heavy atom. The van der Waals surface area contributed by atoms with Crippen molar-refractivity contribution >= 4 is 22.4 Å². The number of carbonyl (C=O) groups excluding carboxylic acids is 1. The number of aliphatic hydroxyl groups excluding tert-OH is 1. The second-order valence-electron chi connectivity index (χ2n) is 4.83. The highest BCUT2D eigenvalue weighted by Crippen LogP contribution is 2.37. The molecule has 1 aliphatic carbocycles. The zero-order chi connectivity index (χ0) is 13.3. The summed E-state index contributed by atoms with van der Waals surface area (Å²) in [5, 5.41) is 18.1. The third kappa shape index (κ3) is 2.45. The highest BCUT2D eigenvalue weighted by atomic mass is 32.1. The van der Waals surface area contributed by atoms with E-state index in [4.69, 9.17) is 0 Å². The van der Waals surface area contributed by atoms with E-state index in [9.17, 15) is 9.90 Å². The molecule has 0 radical (unpaired) electrons. The first kappa shape index (κ1) is 12.8. The fourth-order valence-corrected chi connectivity index (χ4v) is 2.14. The van der Waals surface area contributed by atoms with Gasteiger partial charge in [0.05, 0.1) is 0 Å². The summed E-state index contributed by atoms with van der Waals surface area (Å²) in [6.07, 6.45) is 0.995. The number of rotatable bonds is 2. The Bertz CT molecular complexity index is 545. The third-order valence-electron chi connectivity index (χ3n) is 2.86. The molecule has 0 saturated heterocycles. The molecule has 18 heavy (non-hydrogen) atoms. The van der Waals surface area contributed by atoms with E-state index < -0.39 is 5.41 Å². The smallest absolute Gasteiger partial charge is 0.249 e. The van der Waals surface area contributed by atoms with Crippen molar-refractivity contribution in [2.75, 3.05) is 0 Å². The third-order valence-corrected chi connectivity index (χ3v) is 3.55. The summed E-state index contributed by atoms with van der Waals surface area (Å²) in [5.41, 5.74) is -0.390. The minimum atomic E-state index is -0.431. The van der Waals surface area contributed by atoms with Crippen LogP contribution in [0.1, 0.15) is 32.5 Å². The second-order valence-corrected chi connectivity index (χ2v) is 5.56. The summed E-state index contributed by atoms with van der Waals surface area (Å²) in [4.78, 5) is 15.7. The zero-order valence-corrected chi connectivity index (χ0v) is 11.3. The predicted molar refractivity (Wildman–Crippen MR) is 66.8 cm³/mol. The maximum Gasteiger partial charge on any atom is 0.249 e. The van der Waals surface area contributed by atoms with Crippen LogP contribution in [0.5, 0.6) is 0 Å². The van der Waals surface area contributed by atoms with Gasteiger partial charge < -0.3 is 5.11 Å². The highest BCUT2D eigenvalue weighted by Gasteiger charge is 2.34. The van der Waals surface area contributed by atoms with E-state index >= 15 is 0 Å². The summed E-state index contributed by atoms with van der Waals surface area (Å²) < 4.78 is 3.96. The summed E-state index contributed by atoms with van der Waals surface area (Å²) in [6.45, 7) is 5.50. The summed E-state index contributed by atoms with van der Waals surface area (Å²) >= 11 is 1.10. The molecule has 0 spiro atoms. The molecule has 1 aromatic heterocycles. The van der Waals surface area contributed by atoms with Crippen molar-refractivity contribution in [3.05, 3.63) is 17.3 Å². The Labute approximate surface area is 109 Å². The van der Waals surface area contributed by atoms with Crippen LogP contribution in [0.15, 0.2) is 21.7 Å². The Kier molecular flexibility index (Phi) is 3.25. The number of hydrogen-bond donors (Lipinski definition) is 1. The lowest BCUT2D eigenvalue weighted by Gasteiger charge is -2.28. The SMILES string of the molecule is Cc1nsc(N=NC2=C(O)C(C)(C)CCC2=O)n1. The fourth-order valence-electron chi connectivity index (χ4n) is 1.64. The van der Waals surface area contributed by atoms with Gasteiger partial charge in [0.2, 0.25) is 5.13 Å². The van der Waals surface area contributed by atoms with Gasteiger partial charge in [0, 0.05) is 23.4 Å². The van der Waals surface area contributed by atoms with Gasteiger partial charge in [0.1, 0.15) is 11.6 Å². The molecule has 0 saturated carbocycles. The van der Waals surface area contributed by atoms with Gasteiger partial charge in [0.15, 0.2) is 11.5 Å². The van der Waals surface area contributed by atoms with E-state index in [0.29, 0.717) is 23.8 Å². The highest BCUT2D eigenvalue weighted by molar-refractivity contribution is 7.09. The molecule has 1 aromatic rings. The topological polar surface area (TPSA) is 87.8 Å². The van der Waals surface area contributed by atoms with Crippen LogP contribution in [0.25, 0.3) is 0 Å². The average Bonchev–Trinajstić information content (AvgIpc) is 2.71. The maximum atomic E-state index is 11.7. The van der Waals surface area contributed by atoms with Crippen molar-refractivity contribution in [3.63, 3.8) is 0 Å². The van der Waals surface area contributed by atoms with Crippen molar-refractivity contribution in [3.8, 4) is 0 Å². The molecule has 1 aliphatic rings. The van der Waals surface area contributed by atoms with Gasteiger partial charge in [-0.15, -0.1) is 10.2 Å². The number of ketones is 1.